The molecule has 0 saturated carbocycles. The molecule has 0 radical (unpaired) electrons. The van der Waals surface area contributed by atoms with E-state index in [-0.39, 0.29) is 4.83 Å². The lowest BCUT2D eigenvalue weighted by Gasteiger charge is -2.16. The summed E-state index contributed by atoms with van der Waals surface area (Å²) in [5.74, 6) is 0. The third-order valence-corrected chi connectivity index (χ3v) is 5.51. The van der Waals surface area contributed by atoms with Crippen molar-refractivity contribution in [2.24, 2.45) is 0 Å². The quantitative estimate of drug-likeness (QED) is 0.454. The second-order valence-corrected chi connectivity index (χ2v) is 7.57. The van der Waals surface area contributed by atoms with E-state index in [1.165, 1.54) is 32.3 Å². The molecule has 0 nitrogen and oxygen atoms in total. The molecule has 0 fully saturated rings. The van der Waals surface area contributed by atoms with Crippen LogP contribution in [-0.2, 0) is 0 Å². The van der Waals surface area contributed by atoms with Crippen LogP contribution in [0.1, 0.15) is 32.6 Å². The topological polar surface area (TPSA) is 0 Å². The number of hydrogen-bond donors (Lipinski definition) is 0. The minimum Gasteiger partial charge on any atom is -0.0786 e. The van der Waals surface area contributed by atoms with E-state index in [0.29, 0.717) is 0 Å². The molecule has 100 valence electrons. The average molecular weight is 447 g/mol. The molecule has 19 heavy (non-hydrogen) atoms. The minimum atomic E-state index is 0.218. The molecule has 0 amide bonds. The molecule has 3 heteroatoms. The molecule has 0 aliphatic carbocycles. The van der Waals surface area contributed by atoms with Gasteiger partial charge in [-0.05, 0) is 66.8 Å². The van der Waals surface area contributed by atoms with Crippen LogP contribution in [0, 0.1) is 20.8 Å². The summed E-state index contributed by atoms with van der Waals surface area (Å²) in [7, 11) is 0. The smallest absolute Gasteiger partial charge is 0.0647 e. The van der Waals surface area contributed by atoms with Crippen molar-refractivity contribution in [3.8, 4) is 0 Å². The highest BCUT2D eigenvalue weighted by atomic mass is 79.9. The molecule has 0 N–H and O–H groups in total. The Bertz CT molecular complexity index is 597. The first-order valence-electron chi connectivity index (χ1n) is 6.06. The fourth-order valence-electron chi connectivity index (χ4n) is 2.17. The first-order chi connectivity index (χ1) is 8.88. The maximum absolute atomic E-state index is 3.84. The van der Waals surface area contributed by atoms with E-state index in [9.17, 15) is 0 Å². The lowest BCUT2D eigenvalue weighted by molar-refractivity contribution is 1.12. The fraction of sp³-hybridized carbons (Fsp3) is 0.250. The maximum Gasteiger partial charge on any atom is 0.0647 e. The summed E-state index contributed by atoms with van der Waals surface area (Å²) in [5, 5.41) is 0. The predicted octanol–water partition coefficient (Wildman–Crippen LogP) is 6.62. The van der Waals surface area contributed by atoms with Gasteiger partial charge in [-0.2, -0.15) is 0 Å². The van der Waals surface area contributed by atoms with Crippen LogP contribution in [0.3, 0.4) is 0 Å². The highest BCUT2D eigenvalue weighted by Crippen LogP contribution is 2.36. The molecule has 0 heterocycles. The maximum atomic E-state index is 3.84. The van der Waals surface area contributed by atoms with Crippen molar-refractivity contribution >= 4 is 47.8 Å². The standard InChI is InChI=1S/C16H15Br3/c1-9-4-12(8-13(17)5-9)16(19)14-6-11(3)15(18)7-10(14)2/h4-8,16H,1-3H3. The molecule has 0 bridgehead atoms. The molecule has 1 unspecified atom stereocenters. The van der Waals surface area contributed by atoms with E-state index in [4.69, 9.17) is 0 Å². The molecular weight excluding hydrogens is 432 g/mol. The van der Waals surface area contributed by atoms with Gasteiger partial charge in [-0.15, -0.1) is 0 Å². The van der Waals surface area contributed by atoms with Crippen molar-refractivity contribution < 1.29 is 0 Å². The summed E-state index contributed by atoms with van der Waals surface area (Å²) in [5.41, 5.74) is 6.41. The number of alkyl halides is 1. The molecule has 0 spiro atoms. The fourth-order valence-corrected chi connectivity index (χ4v) is 4.01. The van der Waals surface area contributed by atoms with Gasteiger partial charge in [0.1, 0.15) is 0 Å². The molecule has 1 atom stereocenters. The van der Waals surface area contributed by atoms with Gasteiger partial charge >= 0.3 is 0 Å². The highest BCUT2D eigenvalue weighted by Gasteiger charge is 2.15. The SMILES string of the molecule is Cc1cc(Br)cc(C(Br)c2cc(C)c(Br)cc2C)c1. The number of benzene rings is 2. The number of rotatable bonds is 2. The van der Waals surface area contributed by atoms with Crippen LogP contribution in [0.15, 0.2) is 39.3 Å². The Morgan fingerprint density at radius 1 is 0.842 bits per heavy atom. The van der Waals surface area contributed by atoms with Crippen LogP contribution in [0.25, 0.3) is 0 Å². The summed E-state index contributed by atoms with van der Waals surface area (Å²) in [6.45, 7) is 6.39. The predicted molar refractivity (Wildman–Crippen MR) is 93.3 cm³/mol. The van der Waals surface area contributed by atoms with Crippen LogP contribution in [-0.4, -0.2) is 0 Å². The summed E-state index contributed by atoms with van der Waals surface area (Å²) in [6.07, 6.45) is 0. The monoisotopic (exact) mass is 444 g/mol. The Kier molecular flexibility index (Phi) is 4.91. The van der Waals surface area contributed by atoms with E-state index in [2.05, 4.69) is 98.9 Å². The van der Waals surface area contributed by atoms with Gasteiger partial charge < -0.3 is 0 Å². The van der Waals surface area contributed by atoms with Crippen molar-refractivity contribution in [3.63, 3.8) is 0 Å². The summed E-state index contributed by atoms with van der Waals surface area (Å²) < 4.78 is 2.29. The molecule has 2 aromatic carbocycles. The first kappa shape index (κ1) is 15.3. The molecule has 0 aliphatic rings. The van der Waals surface area contributed by atoms with Gasteiger partial charge in [-0.3, -0.25) is 0 Å². The molecule has 0 saturated heterocycles. The highest BCUT2D eigenvalue weighted by molar-refractivity contribution is 9.11. The van der Waals surface area contributed by atoms with Crippen LogP contribution >= 0.6 is 47.8 Å². The van der Waals surface area contributed by atoms with Crippen molar-refractivity contribution in [1.29, 1.82) is 0 Å². The van der Waals surface area contributed by atoms with Crippen LogP contribution in [0.4, 0.5) is 0 Å². The van der Waals surface area contributed by atoms with E-state index < -0.39 is 0 Å². The summed E-state index contributed by atoms with van der Waals surface area (Å²) in [6, 6.07) is 11.0. The molecule has 0 aliphatic heterocycles. The van der Waals surface area contributed by atoms with Gasteiger partial charge in [0.25, 0.3) is 0 Å². The lowest BCUT2D eigenvalue weighted by atomic mass is 9.97. The van der Waals surface area contributed by atoms with Gasteiger partial charge in [0.2, 0.25) is 0 Å². The Labute approximate surface area is 140 Å². The van der Waals surface area contributed by atoms with Crippen molar-refractivity contribution in [2.45, 2.75) is 25.6 Å². The van der Waals surface area contributed by atoms with Crippen molar-refractivity contribution in [1.82, 2.24) is 0 Å². The molecule has 2 rings (SSSR count). The molecular formula is C16H15Br3. The van der Waals surface area contributed by atoms with E-state index >= 15 is 0 Å². The van der Waals surface area contributed by atoms with Crippen LogP contribution in [0.2, 0.25) is 0 Å². The lowest BCUT2D eigenvalue weighted by Crippen LogP contribution is -1.98. The van der Waals surface area contributed by atoms with Gasteiger partial charge in [0.15, 0.2) is 0 Å². The number of hydrogen-bond acceptors (Lipinski definition) is 0. The van der Waals surface area contributed by atoms with E-state index in [1.807, 2.05) is 0 Å². The Hall–Kier alpha value is -0.120. The molecule has 0 aromatic heterocycles. The van der Waals surface area contributed by atoms with Crippen LogP contribution < -0.4 is 0 Å². The van der Waals surface area contributed by atoms with Crippen molar-refractivity contribution in [3.05, 3.63) is 67.1 Å². The second kappa shape index (κ2) is 6.11. The first-order valence-corrected chi connectivity index (χ1v) is 8.56. The van der Waals surface area contributed by atoms with E-state index in [0.717, 1.165) is 4.47 Å². The minimum absolute atomic E-state index is 0.218. The van der Waals surface area contributed by atoms with Gasteiger partial charge in [-0.25, -0.2) is 0 Å². The van der Waals surface area contributed by atoms with Crippen molar-refractivity contribution in [2.75, 3.05) is 0 Å². The zero-order valence-corrected chi connectivity index (χ0v) is 15.9. The normalized spacial score (nSPS) is 12.5. The summed E-state index contributed by atoms with van der Waals surface area (Å²) >= 11 is 11.0. The molecule has 2 aromatic rings. The Morgan fingerprint density at radius 2 is 1.53 bits per heavy atom. The van der Waals surface area contributed by atoms with Crippen LogP contribution in [0.5, 0.6) is 0 Å². The number of aryl methyl sites for hydroxylation is 3. The Balaban J connectivity index is 2.49. The van der Waals surface area contributed by atoms with Gasteiger partial charge in [-0.1, -0.05) is 59.9 Å². The zero-order valence-electron chi connectivity index (χ0n) is 11.1. The second-order valence-electron chi connectivity index (χ2n) is 4.88. The third kappa shape index (κ3) is 3.50. The largest absolute Gasteiger partial charge is 0.0786 e. The third-order valence-electron chi connectivity index (χ3n) is 3.18. The zero-order chi connectivity index (χ0) is 14.2. The van der Waals surface area contributed by atoms with Gasteiger partial charge in [0.05, 0.1) is 4.83 Å². The van der Waals surface area contributed by atoms with E-state index in [1.54, 1.807) is 0 Å². The summed E-state index contributed by atoms with van der Waals surface area (Å²) in [4.78, 5) is 0.218. The average Bonchev–Trinajstić information content (AvgIpc) is 2.31. The number of halogens is 3. The Morgan fingerprint density at radius 3 is 2.16 bits per heavy atom. The van der Waals surface area contributed by atoms with Gasteiger partial charge in [0, 0.05) is 8.95 Å².